The molecular formula is C16H19NOS. The molecule has 1 aromatic carbocycles. The lowest BCUT2D eigenvalue weighted by Crippen LogP contribution is -2.50. The molecule has 2 aromatic rings. The smallest absolute Gasteiger partial charge is 0.104 e. The van der Waals surface area contributed by atoms with Crippen molar-refractivity contribution in [2.45, 2.75) is 25.5 Å². The maximum atomic E-state index is 6.10. The van der Waals surface area contributed by atoms with Crippen molar-refractivity contribution in [3.63, 3.8) is 0 Å². The number of hydrogen-bond donors (Lipinski definition) is 1. The van der Waals surface area contributed by atoms with Crippen LogP contribution in [-0.4, -0.2) is 13.2 Å². The molecule has 0 aliphatic carbocycles. The van der Waals surface area contributed by atoms with Crippen molar-refractivity contribution in [1.82, 2.24) is 5.32 Å². The van der Waals surface area contributed by atoms with E-state index in [-0.39, 0.29) is 11.6 Å². The van der Waals surface area contributed by atoms with Gasteiger partial charge in [-0.1, -0.05) is 30.3 Å². The third-order valence-corrected chi connectivity index (χ3v) is 4.83. The van der Waals surface area contributed by atoms with Gasteiger partial charge in [-0.2, -0.15) is 0 Å². The Labute approximate surface area is 118 Å². The molecule has 100 valence electrons. The SMILES string of the molecule is Cc1ccc(C2CNC(C)(c3ccccc3)CO2)s1. The lowest BCUT2D eigenvalue weighted by Gasteiger charge is -2.38. The Balaban J connectivity index is 1.72. The number of benzene rings is 1. The summed E-state index contributed by atoms with van der Waals surface area (Å²) in [5, 5.41) is 3.65. The molecule has 0 bridgehead atoms. The van der Waals surface area contributed by atoms with Gasteiger partial charge in [0.15, 0.2) is 0 Å². The van der Waals surface area contributed by atoms with Gasteiger partial charge in [-0.15, -0.1) is 11.3 Å². The number of ether oxygens (including phenoxy) is 1. The quantitative estimate of drug-likeness (QED) is 0.902. The number of thiophene rings is 1. The molecule has 1 aliphatic heterocycles. The molecule has 3 rings (SSSR count). The Bertz CT molecular complexity index is 541. The van der Waals surface area contributed by atoms with Crippen molar-refractivity contribution in [3.05, 3.63) is 57.8 Å². The lowest BCUT2D eigenvalue weighted by atomic mass is 9.91. The fourth-order valence-electron chi connectivity index (χ4n) is 2.50. The Hall–Kier alpha value is -1.16. The molecule has 3 heteroatoms. The summed E-state index contributed by atoms with van der Waals surface area (Å²) >= 11 is 1.83. The third kappa shape index (κ3) is 2.59. The Kier molecular flexibility index (Phi) is 3.44. The fourth-order valence-corrected chi connectivity index (χ4v) is 3.42. The topological polar surface area (TPSA) is 21.3 Å². The number of hydrogen-bond acceptors (Lipinski definition) is 3. The highest BCUT2D eigenvalue weighted by atomic mass is 32.1. The molecule has 2 atom stereocenters. The second-order valence-corrected chi connectivity index (χ2v) is 6.65. The first-order valence-corrected chi connectivity index (χ1v) is 7.47. The van der Waals surface area contributed by atoms with Gasteiger partial charge in [0, 0.05) is 16.3 Å². The molecule has 0 spiro atoms. The first kappa shape index (κ1) is 12.9. The van der Waals surface area contributed by atoms with E-state index in [1.165, 1.54) is 15.3 Å². The molecule has 2 unspecified atom stereocenters. The zero-order valence-electron chi connectivity index (χ0n) is 11.3. The van der Waals surface area contributed by atoms with Crippen LogP contribution in [0.2, 0.25) is 0 Å². The van der Waals surface area contributed by atoms with Crippen LogP contribution in [0.3, 0.4) is 0 Å². The molecule has 0 saturated carbocycles. The maximum Gasteiger partial charge on any atom is 0.104 e. The number of rotatable bonds is 2. The third-order valence-electron chi connectivity index (χ3n) is 3.74. The molecule has 1 fully saturated rings. The van der Waals surface area contributed by atoms with E-state index >= 15 is 0 Å². The van der Waals surface area contributed by atoms with E-state index in [1.807, 2.05) is 17.4 Å². The molecule has 1 aromatic heterocycles. The average Bonchev–Trinajstić information content (AvgIpc) is 2.87. The van der Waals surface area contributed by atoms with E-state index in [4.69, 9.17) is 4.74 Å². The zero-order valence-corrected chi connectivity index (χ0v) is 12.2. The van der Waals surface area contributed by atoms with Crippen LogP contribution in [0.25, 0.3) is 0 Å². The minimum atomic E-state index is -0.0793. The Morgan fingerprint density at radius 1 is 1.21 bits per heavy atom. The second kappa shape index (κ2) is 5.08. The highest BCUT2D eigenvalue weighted by molar-refractivity contribution is 7.12. The van der Waals surface area contributed by atoms with E-state index in [0.717, 1.165) is 6.54 Å². The summed E-state index contributed by atoms with van der Waals surface area (Å²) in [5.41, 5.74) is 1.21. The van der Waals surface area contributed by atoms with Gasteiger partial charge in [-0.3, -0.25) is 0 Å². The molecular weight excluding hydrogens is 254 g/mol. The van der Waals surface area contributed by atoms with Gasteiger partial charge in [-0.25, -0.2) is 0 Å². The summed E-state index contributed by atoms with van der Waals surface area (Å²) in [6, 6.07) is 14.9. The standard InChI is InChI=1S/C16H19NOS/c1-12-8-9-15(19-12)14-10-17-16(2,11-18-14)13-6-4-3-5-7-13/h3-9,14,17H,10-11H2,1-2H3. The van der Waals surface area contributed by atoms with E-state index in [1.54, 1.807) is 0 Å². The van der Waals surface area contributed by atoms with Crippen LogP contribution in [0.15, 0.2) is 42.5 Å². The Morgan fingerprint density at radius 3 is 2.58 bits per heavy atom. The van der Waals surface area contributed by atoms with E-state index < -0.39 is 0 Å². The van der Waals surface area contributed by atoms with Crippen molar-refractivity contribution < 1.29 is 4.74 Å². The van der Waals surface area contributed by atoms with Gasteiger partial charge in [0.1, 0.15) is 6.10 Å². The largest absolute Gasteiger partial charge is 0.369 e. The van der Waals surface area contributed by atoms with Crippen LogP contribution in [0, 0.1) is 6.92 Å². The predicted molar refractivity (Wildman–Crippen MR) is 79.5 cm³/mol. The van der Waals surface area contributed by atoms with E-state index in [0.29, 0.717) is 6.61 Å². The van der Waals surface area contributed by atoms with E-state index in [2.05, 4.69) is 55.6 Å². The minimum Gasteiger partial charge on any atom is -0.369 e. The molecule has 0 radical (unpaired) electrons. The van der Waals surface area contributed by atoms with Crippen LogP contribution in [0.1, 0.15) is 28.3 Å². The maximum absolute atomic E-state index is 6.10. The second-order valence-electron chi connectivity index (χ2n) is 5.33. The van der Waals surface area contributed by atoms with Crippen LogP contribution < -0.4 is 5.32 Å². The molecule has 1 saturated heterocycles. The van der Waals surface area contributed by atoms with Gasteiger partial charge < -0.3 is 10.1 Å². The first-order chi connectivity index (χ1) is 9.17. The Morgan fingerprint density at radius 2 is 2.00 bits per heavy atom. The number of nitrogens with one attached hydrogen (secondary N) is 1. The van der Waals surface area contributed by atoms with Crippen molar-refractivity contribution >= 4 is 11.3 Å². The monoisotopic (exact) mass is 273 g/mol. The van der Waals surface area contributed by atoms with Crippen molar-refractivity contribution in [2.75, 3.05) is 13.2 Å². The predicted octanol–water partition coefficient (Wildman–Crippen LogP) is 3.63. The lowest BCUT2D eigenvalue weighted by molar-refractivity contribution is -0.0290. The summed E-state index contributed by atoms with van der Waals surface area (Å²) in [5.74, 6) is 0. The van der Waals surface area contributed by atoms with E-state index in [9.17, 15) is 0 Å². The first-order valence-electron chi connectivity index (χ1n) is 6.66. The summed E-state index contributed by atoms with van der Waals surface area (Å²) in [7, 11) is 0. The number of morpholine rings is 1. The van der Waals surface area contributed by atoms with Gasteiger partial charge in [0.2, 0.25) is 0 Å². The summed E-state index contributed by atoms with van der Waals surface area (Å²) < 4.78 is 6.10. The highest BCUT2D eigenvalue weighted by Crippen LogP contribution is 2.32. The van der Waals surface area contributed by atoms with Crippen molar-refractivity contribution in [3.8, 4) is 0 Å². The zero-order chi connectivity index (χ0) is 13.3. The molecule has 19 heavy (non-hydrogen) atoms. The summed E-state index contributed by atoms with van der Waals surface area (Å²) in [6.07, 6.45) is 0.190. The van der Waals surface area contributed by atoms with Crippen LogP contribution in [0.4, 0.5) is 0 Å². The highest BCUT2D eigenvalue weighted by Gasteiger charge is 2.33. The van der Waals surface area contributed by atoms with Gasteiger partial charge in [-0.05, 0) is 31.5 Å². The minimum absolute atomic E-state index is 0.0793. The fraction of sp³-hybridized carbons (Fsp3) is 0.375. The van der Waals surface area contributed by atoms with Crippen molar-refractivity contribution in [1.29, 1.82) is 0 Å². The van der Waals surface area contributed by atoms with Crippen LogP contribution in [-0.2, 0) is 10.3 Å². The summed E-state index contributed by atoms with van der Waals surface area (Å²) in [6.45, 7) is 5.92. The van der Waals surface area contributed by atoms with Crippen LogP contribution in [0.5, 0.6) is 0 Å². The van der Waals surface area contributed by atoms with Crippen LogP contribution >= 0.6 is 11.3 Å². The molecule has 1 aliphatic rings. The van der Waals surface area contributed by atoms with Crippen molar-refractivity contribution in [2.24, 2.45) is 0 Å². The molecule has 1 N–H and O–H groups in total. The number of aryl methyl sites for hydroxylation is 1. The molecule has 0 amide bonds. The molecule has 2 nitrogen and oxygen atoms in total. The van der Waals surface area contributed by atoms with Gasteiger partial charge >= 0.3 is 0 Å². The summed E-state index contributed by atoms with van der Waals surface area (Å²) in [4.78, 5) is 2.66. The molecule has 2 heterocycles. The van der Waals surface area contributed by atoms with Gasteiger partial charge in [0.05, 0.1) is 12.1 Å². The van der Waals surface area contributed by atoms with Gasteiger partial charge in [0.25, 0.3) is 0 Å². The normalized spacial score (nSPS) is 27.4. The average molecular weight is 273 g/mol.